The quantitative estimate of drug-likeness (QED) is 0.426. The molecule has 8 heteroatoms. The summed E-state index contributed by atoms with van der Waals surface area (Å²) in [6.07, 6.45) is -3.27. The molecular formula is C9H13N3O5. The molecule has 0 aromatic carbocycles. The van der Waals surface area contributed by atoms with Crippen molar-refractivity contribution >= 4 is 5.82 Å². The van der Waals surface area contributed by atoms with Gasteiger partial charge in [-0.2, -0.15) is 4.98 Å². The summed E-state index contributed by atoms with van der Waals surface area (Å²) in [5.74, 6) is 0.0537. The van der Waals surface area contributed by atoms with Crippen LogP contribution in [-0.2, 0) is 4.74 Å². The summed E-state index contributed by atoms with van der Waals surface area (Å²) in [7, 11) is 0. The molecule has 8 nitrogen and oxygen atoms in total. The Kier molecular flexibility index (Phi) is 3.11. The third-order valence-electron chi connectivity index (χ3n) is 2.64. The zero-order valence-electron chi connectivity index (χ0n) is 8.80. The predicted molar refractivity (Wildman–Crippen MR) is 55.9 cm³/mol. The molecule has 1 saturated heterocycles. The standard InChI is InChI=1S/C9H13N3O5/c10-5-1-2-12(9(16)11-5)8-7(15)6(14)4(3-13)17-8/h1-2,4,6-8,13-15H,3H2,(H2,10,11,16)/t4-,6-,7?,8-/m1/s1/i1+1,2+1,3+1,4+1,5+1,6+1,7+1,8+1,9+1. The molecule has 1 fully saturated rings. The molecule has 4 atom stereocenters. The van der Waals surface area contributed by atoms with Gasteiger partial charge in [0.25, 0.3) is 0 Å². The van der Waals surface area contributed by atoms with E-state index in [9.17, 15) is 15.0 Å². The summed E-state index contributed by atoms with van der Waals surface area (Å²) in [5.41, 5.74) is 4.63. The average molecular weight is 252 g/mol. The Labute approximate surface area is 95.9 Å². The van der Waals surface area contributed by atoms with Gasteiger partial charge in [-0.15, -0.1) is 0 Å². The van der Waals surface area contributed by atoms with Gasteiger partial charge in [0.15, 0.2) is 6.23 Å². The molecule has 0 bridgehead atoms. The predicted octanol–water partition coefficient (Wildman–Crippen LogP) is -2.56. The molecule has 1 aromatic rings. The van der Waals surface area contributed by atoms with Crippen LogP contribution in [-0.4, -0.2) is 49.8 Å². The molecule has 1 aliphatic rings. The van der Waals surface area contributed by atoms with Gasteiger partial charge in [-0.1, -0.05) is 0 Å². The maximum atomic E-state index is 11.5. The molecule has 0 spiro atoms. The van der Waals surface area contributed by atoms with Gasteiger partial charge < -0.3 is 25.8 Å². The van der Waals surface area contributed by atoms with Crippen molar-refractivity contribution in [3.63, 3.8) is 0 Å². The molecule has 5 N–H and O–H groups in total. The van der Waals surface area contributed by atoms with Crippen molar-refractivity contribution in [2.75, 3.05) is 12.3 Å². The highest BCUT2D eigenvalue weighted by Crippen LogP contribution is 2.27. The second-order valence-corrected chi connectivity index (χ2v) is 3.77. The van der Waals surface area contributed by atoms with E-state index in [1.807, 2.05) is 0 Å². The highest BCUT2D eigenvalue weighted by molar-refractivity contribution is 5.23. The van der Waals surface area contributed by atoms with Crippen molar-refractivity contribution < 1.29 is 20.1 Å². The van der Waals surface area contributed by atoms with Crippen LogP contribution in [0.15, 0.2) is 17.1 Å². The third kappa shape index (κ3) is 2.03. The zero-order chi connectivity index (χ0) is 12.6. The van der Waals surface area contributed by atoms with E-state index in [-0.39, 0.29) is 5.82 Å². The number of nitrogens with zero attached hydrogens (tertiary/aromatic N) is 2. The van der Waals surface area contributed by atoms with Crippen LogP contribution in [0.4, 0.5) is 5.82 Å². The second kappa shape index (κ2) is 4.41. The van der Waals surface area contributed by atoms with Crippen LogP contribution in [0.5, 0.6) is 0 Å². The number of aliphatic hydroxyl groups excluding tert-OH is 3. The zero-order valence-corrected chi connectivity index (χ0v) is 8.80. The fourth-order valence-electron chi connectivity index (χ4n) is 1.73. The normalized spacial score (nSPS) is 32.9. The van der Waals surface area contributed by atoms with Crippen molar-refractivity contribution in [2.45, 2.75) is 24.5 Å². The first-order valence-electron chi connectivity index (χ1n) is 5.01. The SMILES string of the molecule is N[13c]1[13cH][13cH]n([13C@@H]2O[13C@H]([13CH2]O)[13C@@H](O)[13CH]2O)[13c](=O)n1. The fraction of sp³-hybridized carbons (Fsp3) is 0.556. The molecule has 2 rings (SSSR count). The van der Waals surface area contributed by atoms with Gasteiger partial charge in [0, 0.05) is 6.20 Å². The first kappa shape index (κ1) is 12.0. The summed E-state index contributed by atoms with van der Waals surface area (Å²) >= 11 is 0. The van der Waals surface area contributed by atoms with E-state index in [1.54, 1.807) is 0 Å². The van der Waals surface area contributed by atoms with E-state index >= 15 is 0 Å². The Hall–Kier alpha value is -1.48. The number of anilines is 1. The van der Waals surface area contributed by atoms with E-state index in [1.165, 1.54) is 12.3 Å². The van der Waals surface area contributed by atoms with Crippen LogP contribution in [0.2, 0.25) is 0 Å². The molecule has 0 saturated carbocycles. The van der Waals surface area contributed by atoms with Gasteiger partial charge >= 0.3 is 5.69 Å². The van der Waals surface area contributed by atoms with Gasteiger partial charge in [0.2, 0.25) is 0 Å². The number of ether oxygens (including phenoxy) is 1. The van der Waals surface area contributed by atoms with E-state index in [0.29, 0.717) is 0 Å². The number of nitrogen functional groups attached to an aromatic ring is 1. The lowest BCUT2D eigenvalue weighted by Crippen LogP contribution is -2.36. The van der Waals surface area contributed by atoms with E-state index in [2.05, 4.69) is 4.98 Å². The number of rotatable bonds is 2. The molecule has 2 heterocycles. The Balaban J connectivity index is 2.32. The second-order valence-electron chi connectivity index (χ2n) is 3.77. The molecule has 1 aromatic heterocycles. The third-order valence-corrected chi connectivity index (χ3v) is 2.64. The lowest BCUT2D eigenvalue weighted by molar-refractivity contribution is -0.0549. The van der Waals surface area contributed by atoms with Crippen LogP contribution in [0.25, 0.3) is 0 Å². The van der Waals surface area contributed by atoms with Crippen LogP contribution in [0.3, 0.4) is 0 Å². The number of nitrogens with two attached hydrogens (primary N) is 1. The molecule has 0 amide bonds. The number of aromatic nitrogens is 2. The Morgan fingerprint density at radius 2 is 2.18 bits per heavy atom. The summed E-state index contributed by atoms with van der Waals surface area (Å²) in [4.78, 5) is 15.0. The minimum absolute atomic E-state index is 0.0537. The molecule has 94 valence electrons. The van der Waals surface area contributed by atoms with Crippen LogP contribution >= 0.6 is 0 Å². The topological polar surface area (TPSA) is 131 Å². The van der Waals surface area contributed by atoms with Crippen molar-refractivity contribution in [3.8, 4) is 0 Å². The lowest BCUT2D eigenvalue weighted by Gasteiger charge is -2.16. The van der Waals surface area contributed by atoms with Crippen LogP contribution in [0, 0.1) is 0 Å². The lowest BCUT2D eigenvalue weighted by atomic mass is 11.1. The molecule has 1 unspecified atom stereocenters. The minimum Gasteiger partial charge on any atom is -0.394 e. The Bertz CT molecular complexity index is 462. The molecule has 0 aliphatic carbocycles. The van der Waals surface area contributed by atoms with Crippen molar-refractivity contribution in [1.29, 1.82) is 0 Å². The van der Waals surface area contributed by atoms with Crippen molar-refractivity contribution in [3.05, 3.63) is 22.7 Å². The van der Waals surface area contributed by atoms with Gasteiger partial charge in [0.1, 0.15) is 24.1 Å². The Morgan fingerprint density at radius 1 is 1.47 bits per heavy atom. The number of hydrogen-bond acceptors (Lipinski definition) is 7. The summed E-state index contributed by atoms with van der Waals surface area (Å²) < 4.78 is 6.19. The van der Waals surface area contributed by atoms with Crippen molar-refractivity contribution in [1.82, 2.24) is 9.55 Å². The van der Waals surface area contributed by atoms with E-state index in [4.69, 9.17) is 15.6 Å². The maximum Gasteiger partial charge on any atom is 0.351 e. The van der Waals surface area contributed by atoms with Crippen LogP contribution < -0.4 is 11.4 Å². The monoisotopic (exact) mass is 252 g/mol. The van der Waals surface area contributed by atoms with E-state index < -0.39 is 36.8 Å². The van der Waals surface area contributed by atoms with Crippen molar-refractivity contribution in [2.24, 2.45) is 0 Å². The maximum absolute atomic E-state index is 11.5. The average Bonchev–Trinajstić information content (AvgIpc) is 2.57. The number of hydrogen-bond donors (Lipinski definition) is 4. The summed E-state index contributed by atoms with van der Waals surface area (Å²) in [6, 6.07) is 1.37. The van der Waals surface area contributed by atoms with Gasteiger partial charge in [-0.25, -0.2) is 4.79 Å². The minimum atomic E-state index is -1.31. The molecular weight excluding hydrogens is 239 g/mol. The highest BCUT2D eigenvalue weighted by atomic mass is 16.8. The first-order chi connectivity index (χ1) is 8.04. The summed E-state index contributed by atoms with van der Waals surface area (Å²) in [5, 5.41) is 28.2. The van der Waals surface area contributed by atoms with Crippen LogP contribution in [0.1, 0.15) is 6.23 Å². The summed E-state index contributed by atoms with van der Waals surface area (Å²) in [6.45, 7) is -0.453. The molecule has 1 aliphatic heterocycles. The van der Waals surface area contributed by atoms with Gasteiger partial charge in [0.05, 0.1) is 6.61 Å². The van der Waals surface area contributed by atoms with E-state index in [0.717, 1.165) is 4.57 Å². The largest absolute Gasteiger partial charge is 0.394 e. The Morgan fingerprint density at radius 3 is 2.71 bits per heavy atom. The molecule has 17 heavy (non-hydrogen) atoms. The fourth-order valence-corrected chi connectivity index (χ4v) is 1.73. The first-order valence-corrected chi connectivity index (χ1v) is 5.01. The van der Waals surface area contributed by atoms with Gasteiger partial charge in [-0.3, -0.25) is 4.57 Å². The number of aliphatic hydroxyl groups is 3. The smallest absolute Gasteiger partial charge is 0.351 e. The van der Waals surface area contributed by atoms with Gasteiger partial charge in [-0.05, 0) is 6.07 Å². The highest BCUT2D eigenvalue weighted by Gasteiger charge is 2.43. The molecule has 0 radical (unpaired) electrons.